The number of amides is 1. The molecule has 0 atom stereocenters. The topological polar surface area (TPSA) is 51.2 Å². The van der Waals surface area contributed by atoms with Gasteiger partial charge in [-0.15, -0.1) is 0 Å². The predicted molar refractivity (Wildman–Crippen MR) is 105 cm³/mol. The van der Waals surface area contributed by atoms with Crippen molar-refractivity contribution in [2.24, 2.45) is 0 Å². The summed E-state index contributed by atoms with van der Waals surface area (Å²) in [7, 11) is 0. The molecule has 2 aromatic carbocycles. The highest BCUT2D eigenvalue weighted by Gasteiger charge is 2.30. The van der Waals surface area contributed by atoms with Gasteiger partial charge in [0.05, 0.1) is 22.0 Å². The zero-order valence-corrected chi connectivity index (χ0v) is 16.6. The van der Waals surface area contributed by atoms with E-state index in [0.29, 0.717) is 6.07 Å². The molecule has 0 aliphatic rings. The molecule has 0 fully saturated rings. The summed E-state index contributed by atoms with van der Waals surface area (Å²) in [5, 5.41) is 1.99. The fraction of sp³-hybridized carbons (Fsp3) is 0.143. The Bertz CT molecular complexity index is 1100. The first kappa shape index (κ1) is 22.5. The van der Waals surface area contributed by atoms with Gasteiger partial charge >= 0.3 is 6.18 Å². The summed E-state index contributed by atoms with van der Waals surface area (Å²) in [6.07, 6.45) is -3.26. The smallest absolute Gasteiger partial charge is 0.422 e. The monoisotopic (exact) mass is 456 g/mol. The van der Waals surface area contributed by atoms with Crippen LogP contribution in [0.1, 0.15) is 15.9 Å². The summed E-state index contributed by atoms with van der Waals surface area (Å²) in [6, 6.07) is 8.37. The number of rotatable bonds is 5. The number of carbonyl (C=O) groups excluding carboxylic acids is 1. The summed E-state index contributed by atoms with van der Waals surface area (Å²) >= 11 is 5.85. The number of nitrogens with one attached hydrogen (secondary N) is 1. The molecule has 1 heterocycles. The van der Waals surface area contributed by atoms with Crippen LogP contribution in [-0.2, 0) is 0 Å². The van der Waals surface area contributed by atoms with Crippen LogP contribution in [-0.4, -0.2) is 23.7 Å². The number of anilines is 1. The molecule has 1 aromatic heterocycles. The molecule has 0 aliphatic carbocycles. The lowest BCUT2D eigenvalue weighted by atomic mass is 10.0. The molecule has 0 unspecified atom stereocenters. The maximum absolute atomic E-state index is 14.8. The molecule has 31 heavy (non-hydrogen) atoms. The van der Waals surface area contributed by atoms with Gasteiger partial charge in [0.15, 0.2) is 6.61 Å². The maximum atomic E-state index is 14.8. The average molecular weight is 457 g/mol. The van der Waals surface area contributed by atoms with Gasteiger partial charge < -0.3 is 10.1 Å². The molecule has 3 rings (SSSR count). The first-order valence-corrected chi connectivity index (χ1v) is 9.14. The van der Waals surface area contributed by atoms with Crippen LogP contribution in [0.15, 0.2) is 48.7 Å². The molecular formula is C21H14ClF5N2O2. The minimum absolute atomic E-state index is 0.129. The molecule has 162 valence electrons. The van der Waals surface area contributed by atoms with Gasteiger partial charge in [0, 0.05) is 11.8 Å². The zero-order valence-electron chi connectivity index (χ0n) is 15.9. The molecule has 0 saturated carbocycles. The Balaban J connectivity index is 2.04. The number of carbonyl (C=O) groups is 1. The molecule has 3 aromatic rings. The first-order chi connectivity index (χ1) is 14.5. The number of ether oxygens (including phenoxy) is 1. The van der Waals surface area contributed by atoms with Crippen molar-refractivity contribution in [3.8, 4) is 17.0 Å². The second-order valence-electron chi connectivity index (χ2n) is 6.50. The number of hydrogen-bond donors (Lipinski definition) is 1. The zero-order chi connectivity index (χ0) is 22.8. The van der Waals surface area contributed by atoms with Crippen molar-refractivity contribution >= 4 is 23.2 Å². The number of aromatic nitrogens is 1. The second-order valence-corrected chi connectivity index (χ2v) is 6.91. The lowest BCUT2D eigenvalue weighted by Crippen LogP contribution is -2.22. The van der Waals surface area contributed by atoms with Crippen LogP contribution >= 0.6 is 11.6 Å². The third-order valence-electron chi connectivity index (χ3n) is 4.09. The Hall–Kier alpha value is -3.20. The highest BCUT2D eigenvalue weighted by molar-refractivity contribution is 6.34. The van der Waals surface area contributed by atoms with Gasteiger partial charge in [-0.05, 0) is 42.8 Å². The van der Waals surface area contributed by atoms with Crippen molar-refractivity contribution in [3.63, 3.8) is 0 Å². The highest BCUT2D eigenvalue weighted by atomic mass is 35.5. The number of alkyl halides is 3. The SMILES string of the molecule is Cc1ccc(-c2cc(OCC(F)(F)F)c(C(=O)Nc3c(F)cccc3Cl)cc2F)nc1. The molecule has 4 nitrogen and oxygen atoms in total. The number of halogens is 6. The van der Waals surface area contributed by atoms with Crippen molar-refractivity contribution in [3.05, 3.63) is 76.4 Å². The third-order valence-corrected chi connectivity index (χ3v) is 4.41. The summed E-state index contributed by atoms with van der Waals surface area (Å²) < 4.78 is 71.6. The van der Waals surface area contributed by atoms with Gasteiger partial charge in [0.1, 0.15) is 17.4 Å². The average Bonchev–Trinajstić information content (AvgIpc) is 2.69. The maximum Gasteiger partial charge on any atom is 0.422 e. The molecule has 0 bridgehead atoms. The van der Waals surface area contributed by atoms with Crippen molar-refractivity contribution < 1.29 is 31.5 Å². The highest BCUT2D eigenvalue weighted by Crippen LogP contribution is 2.32. The lowest BCUT2D eigenvalue weighted by molar-refractivity contribution is -0.153. The minimum atomic E-state index is -4.71. The van der Waals surface area contributed by atoms with E-state index in [9.17, 15) is 26.7 Å². The van der Waals surface area contributed by atoms with Gasteiger partial charge in [-0.2, -0.15) is 13.2 Å². The number of pyridine rings is 1. The molecule has 0 radical (unpaired) electrons. The van der Waals surface area contributed by atoms with E-state index in [-0.39, 0.29) is 16.3 Å². The van der Waals surface area contributed by atoms with Crippen LogP contribution in [0.5, 0.6) is 5.75 Å². The van der Waals surface area contributed by atoms with Crippen LogP contribution in [0.3, 0.4) is 0 Å². The van der Waals surface area contributed by atoms with E-state index < -0.39 is 47.3 Å². The van der Waals surface area contributed by atoms with E-state index >= 15 is 0 Å². The number of aryl methyl sites for hydroxylation is 1. The van der Waals surface area contributed by atoms with Crippen molar-refractivity contribution in [2.75, 3.05) is 11.9 Å². The Morgan fingerprint density at radius 2 is 1.87 bits per heavy atom. The normalized spacial score (nSPS) is 11.3. The summed E-state index contributed by atoms with van der Waals surface area (Å²) in [5.74, 6) is -3.47. The van der Waals surface area contributed by atoms with Gasteiger partial charge in [-0.3, -0.25) is 9.78 Å². The number of hydrogen-bond acceptors (Lipinski definition) is 3. The Morgan fingerprint density at radius 1 is 1.13 bits per heavy atom. The Labute approximate surface area is 178 Å². The van der Waals surface area contributed by atoms with Gasteiger partial charge in [0.2, 0.25) is 0 Å². The molecule has 0 aliphatic heterocycles. The molecule has 1 N–H and O–H groups in total. The first-order valence-electron chi connectivity index (χ1n) is 8.76. The van der Waals surface area contributed by atoms with Crippen molar-refractivity contribution in [1.82, 2.24) is 4.98 Å². The van der Waals surface area contributed by atoms with E-state index in [2.05, 4.69) is 10.3 Å². The van der Waals surface area contributed by atoms with Crippen molar-refractivity contribution in [2.45, 2.75) is 13.1 Å². The number of nitrogens with zero attached hydrogens (tertiary/aromatic N) is 1. The van der Waals surface area contributed by atoms with Crippen LogP contribution in [0.4, 0.5) is 27.6 Å². The Kier molecular flexibility index (Phi) is 6.45. The number of para-hydroxylation sites is 1. The molecule has 10 heteroatoms. The molecule has 1 amide bonds. The van der Waals surface area contributed by atoms with Gasteiger partial charge in [-0.25, -0.2) is 8.78 Å². The van der Waals surface area contributed by atoms with Crippen LogP contribution < -0.4 is 10.1 Å². The summed E-state index contributed by atoms with van der Waals surface area (Å²) in [5.41, 5.74) is -0.227. The molecule has 0 saturated heterocycles. The number of benzene rings is 2. The fourth-order valence-electron chi connectivity index (χ4n) is 2.63. The second kappa shape index (κ2) is 8.89. The minimum Gasteiger partial charge on any atom is -0.483 e. The predicted octanol–water partition coefficient (Wildman–Crippen LogP) is 6.18. The lowest BCUT2D eigenvalue weighted by Gasteiger charge is -2.16. The fourth-order valence-corrected chi connectivity index (χ4v) is 2.84. The van der Waals surface area contributed by atoms with Gasteiger partial charge in [-0.1, -0.05) is 23.7 Å². The molecule has 0 spiro atoms. The summed E-state index contributed by atoms with van der Waals surface area (Å²) in [4.78, 5) is 16.7. The standard InChI is InChI=1S/C21H14ClF5N2O2/c1-11-5-6-17(28-9-11)12-8-18(31-10-21(25,26)27)13(7-16(12)24)20(30)29-19-14(22)3-2-4-15(19)23/h2-9H,10H2,1H3,(H,29,30). The van der Waals surface area contributed by atoms with E-state index in [4.69, 9.17) is 16.3 Å². The third kappa shape index (κ3) is 5.49. The van der Waals surface area contributed by atoms with E-state index in [1.165, 1.54) is 24.4 Å². The van der Waals surface area contributed by atoms with Crippen LogP contribution in [0.2, 0.25) is 5.02 Å². The van der Waals surface area contributed by atoms with E-state index in [0.717, 1.165) is 17.7 Å². The van der Waals surface area contributed by atoms with E-state index in [1.54, 1.807) is 13.0 Å². The van der Waals surface area contributed by atoms with Crippen molar-refractivity contribution in [1.29, 1.82) is 0 Å². The van der Waals surface area contributed by atoms with E-state index in [1.807, 2.05) is 0 Å². The van der Waals surface area contributed by atoms with Gasteiger partial charge in [0.25, 0.3) is 5.91 Å². The largest absolute Gasteiger partial charge is 0.483 e. The molecular weight excluding hydrogens is 443 g/mol. The van der Waals surface area contributed by atoms with Crippen LogP contribution in [0.25, 0.3) is 11.3 Å². The Morgan fingerprint density at radius 3 is 2.48 bits per heavy atom. The van der Waals surface area contributed by atoms with Crippen LogP contribution in [0, 0.1) is 18.6 Å². The summed E-state index contributed by atoms with van der Waals surface area (Å²) in [6.45, 7) is 0.0341. The quantitative estimate of drug-likeness (QED) is 0.466.